The molecule has 0 bridgehead atoms. The summed E-state index contributed by atoms with van der Waals surface area (Å²) >= 11 is 0. The van der Waals surface area contributed by atoms with Crippen LogP contribution in [0.4, 0.5) is 18.9 Å². The van der Waals surface area contributed by atoms with Crippen LogP contribution in [0.15, 0.2) is 18.2 Å². The lowest BCUT2D eigenvalue weighted by molar-refractivity contribution is -0.157. The zero-order valence-corrected chi connectivity index (χ0v) is 11.9. The Morgan fingerprint density at radius 1 is 1.27 bits per heavy atom. The molecule has 0 radical (unpaired) electrons. The Kier molecular flexibility index (Phi) is 3.76. The van der Waals surface area contributed by atoms with E-state index in [0.717, 1.165) is 28.1 Å². The van der Waals surface area contributed by atoms with Crippen molar-refractivity contribution >= 4 is 11.6 Å². The lowest BCUT2D eigenvalue weighted by Gasteiger charge is -2.26. The number of benzene rings is 1. The van der Waals surface area contributed by atoms with E-state index in [1.807, 2.05) is 23.1 Å². The first kappa shape index (κ1) is 15.1. The lowest BCUT2D eigenvalue weighted by Crippen LogP contribution is -2.43. The van der Waals surface area contributed by atoms with Crippen LogP contribution in [0.1, 0.15) is 17.5 Å². The summed E-state index contributed by atoms with van der Waals surface area (Å²) in [5.41, 5.74) is 2.67. The van der Waals surface area contributed by atoms with E-state index in [4.69, 9.17) is 0 Å². The fraction of sp³-hybridized carbons (Fsp3) is 0.533. The third-order valence-electron chi connectivity index (χ3n) is 4.28. The molecule has 2 heterocycles. The highest BCUT2D eigenvalue weighted by Gasteiger charge is 2.42. The largest absolute Gasteiger partial charge is 0.406 e. The highest BCUT2D eigenvalue weighted by atomic mass is 19.4. The van der Waals surface area contributed by atoms with Gasteiger partial charge in [-0.15, -0.1) is 0 Å². The molecular formula is C15H17F3N2O2. The first-order valence-corrected chi connectivity index (χ1v) is 7.24. The molecule has 22 heavy (non-hydrogen) atoms. The van der Waals surface area contributed by atoms with E-state index < -0.39 is 24.7 Å². The van der Waals surface area contributed by atoms with Crippen LogP contribution in [0.25, 0.3) is 0 Å². The maximum absolute atomic E-state index is 12.5. The predicted molar refractivity (Wildman–Crippen MR) is 74.5 cm³/mol. The molecule has 2 aliphatic heterocycles. The second kappa shape index (κ2) is 5.46. The molecule has 1 amide bonds. The molecule has 1 aromatic rings. The van der Waals surface area contributed by atoms with Gasteiger partial charge in [-0.3, -0.25) is 4.79 Å². The molecule has 1 fully saturated rings. The van der Waals surface area contributed by atoms with Crippen molar-refractivity contribution in [1.29, 1.82) is 0 Å². The Labute approximate surface area is 126 Å². The molecule has 3 rings (SSSR count). The number of nitrogens with zero attached hydrogens (tertiary/aromatic N) is 2. The molecule has 1 atom stereocenters. The number of alkyl halides is 3. The molecule has 120 valence electrons. The molecule has 0 aliphatic carbocycles. The van der Waals surface area contributed by atoms with E-state index in [1.54, 1.807) is 0 Å². The number of hydrogen-bond acceptors (Lipinski definition) is 3. The number of anilines is 1. The quantitative estimate of drug-likeness (QED) is 0.924. The Hall–Kier alpha value is -1.76. The minimum atomic E-state index is -4.36. The van der Waals surface area contributed by atoms with Crippen LogP contribution in [0.3, 0.4) is 0 Å². The fourth-order valence-electron chi connectivity index (χ4n) is 3.26. The number of halogens is 3. The van der Waals surface area contributed by atoms with Gasteiger partial charge in [0.1, 0.15) is 12.6 Å². The Bertz CT molecular complexity index is 589. The van der Waals surface area contributed by atoms with E-state index >= 15 is 0 Å². The van der Waals surface area contributed by atoms with Crippen molar-refractivity contribution < 1.29 is 23.1 Å². The molecule has 7 heteroatoms. The summed E-state index contributed by atoms with van der Waals surface area (Å²) in [6.45, 7) is -0.519. The second-order valence-corrected chi connectivity index (χ2v) is 5.74. The molecule has 0 spiro atoms. The summed E-state index contributed by atoms with van der Waals surface area (Å²) in [6, 6.07) is 5.03. The zero-order valence-electron chi connectivity index (χ0n) is 11.9. The average Bonchev–Trinajstić information content (AvgIpc) is 3.01. The monoisotopic (exact) mass is 314 g/mol. The van der Waals surface area contributed by atoms with E-state index in [1.165, 1.54) is 0 Å². The number of amides is 1. The molecule has 1 unspecified atom stereocenters. The maximum Gasteiger partial charge on any atom is 0.406 e. The number of carbonyl (C=O) groups is 1. The maximum atomic E-state index is 12.5. The highest BCUT2D eigenvalue weighted by Crippen LogP contribution is 2.34. The third-order valence-corrected chi connectivity index (χ3v) is 4.28. The van der Waals surface area contributed by atoms with Crippen molar-refractivity contribution in [3.63, 3.8) is 0 Å². The summed E-state index contributed by atoms with van der Waals surface area (Å²) in [7, 11) is 0. The number of rotatable bonds is 3. The van der Waals surface area contributed by atoms with Crippen molar-refractivity contribution in [3.8, 4) is 0 Å². The van der Waals surface area contributed by atoms with Gasteiger partial charge < -0.3 is 14.9 Å². The minimum Gasteiger partial charge on any atom is -0.392 e. The van der Waals surface area contributed by atoms with Crippen molar-refractivity contribution in [1.82, 2.24) is 4.90 Å². The van der Waals surface area contributed by atoms with Gasteiger partial charge in [0.2, 0.25) is 5.91 Å². The zero-order chi connectivity index (χ0) is 15.9. The summed E-state index contributed by atoms with van der Waals surface area (Å²) in [5.74, 6) is -0.459. The Morgan fingerprint density at radius 3 is 2.73 bits per heavy atom. The van der Waals surface area contributed by atoms with Crippen molar-refractivity contribution in [2.24, 2.45) is 0 Å². The van der Waals surface area contributed by atoms with Gasteiger partial charge in [-0.2, -0.15) is 13.2 Å². The number of aliphatic hydroxyl groups is 1. The predicted octanol–water partition coefficient (Wildman–Crippen LogP) is 1.70. The number of fused-ring (bicyclic) bond motifs is 1. The van der Waals surface area contributed by atoms with Gasteiger partial charge in [-0.25, -0.2) is 0 Å². The van der Waals surface area contributed by atoms with Gasteiger partial charge in [-0.1, -0.05) is 12.1 Å². The number of hydrogen-bond donors (Lipinski definition) is 1. The highest BCUT2D eigenvalue weighted by molar-refractivity contribution is 5.88. The van der Waals surface area contributed by atoms with Crippen molar-refractivity contribution in [2.45, 2.75) is 31.7 Å². The van der Waals surface area contributed by atoms with E-state index in [9.17, 15) is 23.1 Å². The molecule has 1 saturated heterocycles. The standard InChI is InChI=1S/C15H17F3N2O2/c16-15(17,18)9-19-5-4-12(14(19)22)20-6-3-11-2-1-10(8-21)7-13(11)20/h1-2,7,12,21H,3-6,8-9H2. The molecule has 1 aromatic carbocycles. The van der Waals surface area contributed by atoms with E-state index in [-0.39, 0.29) is 13.2 Å². The molecular weight excluding hydrogens is 297 g/mol. The second-order valence-electron chi connectivity index (χ2n) is 5.74. The van der Waals surface area contributed by atoms with Gasteiger partial charge in [0.15, 0.2) is 0 Å². The average molecular weight is 314 g/mol. The summed E-state index contributed by atoms with van der Waals surface area (Å²) in [5, 5.41) is 9.22. The van der Waals surface area contributed by atoms with Crippen LogP contribution < -0.4 is 4.90 Å². The molecule has 2 aliphatic rings. The van der Waals surface area contributed by atoms with Crippen LogP contribution in [0.5, 0.6) is 0 Å². The normalized spacial score (nSPS) is 21.6. The number of aliphatic hydroxyl groups excluding tert-OH is 1. The summed E-state index contributed by atoms with van der Waals surface area (Å²) < 4.78 is 37.5. The van der Waals surface area contributed by atoms with Crippen LogP contribution >= 0.6 is 0 Å². The third kappa shape index (κ3) is 2.77. The van der Waals surface area contributed by atoms with E-state index in [2.05, 4.69) is 0 Å². The fourth-order valence-corrected chi connectivity index (χ4v) is 3.26. The Morgan fingerprint density at radius 2 is 2.05 bits per heavy atom. The van der Waals surface area contributed by atoms with Crippen LogP contribution in [-0.4, -0.2) is 47.8 Å². The molecule has 1 N–H and O–H groups in total. The summed E-state index contributed by atoms with van der Waals surface area (Å²) in [6.07, 6.45) is -3.20. The minimum absolute atomic E-state index is 0.0973. The molecule has 4 nitrogen and oxygen atoms in total. The van der Waals surface area contributed by atoms with Crippen LogP contribution in [0.2, 0.25) is 0 Å². The topological polar surface area (TPSA) is 43.8 Å². The smallest absolute Gasteiger partial charge is 0.392 e. The molecule has 0 aromatic heterocycles. The van der Waals surface area contributed by atoms with Crippen LogP contribution in [-0.2, 0) is 17.8 Å². The summed E-state index contributed by atoms with van der Waals surface area (Å²) in [4.78, 5) is 15.0. The van der Waals surface area contributed by atoms with Crippen molar-refractivity contribution in [2.75, 3.05) is 24.5 Å². The van der Waals surface area contributed by atoms with Crippen LogP contribution in [0, 0.1) is 0 Å². The van der Waals surface area contributed by atoms with Gasteiger partial charge in [0, 0.05) is 18.8 Å². The first-order valence-electron chi connectivity index (χ1n) is 7.24. The molecule has 0 saturated carbocycles. The lowest BCUT2D eigenvalue weighted by atomic mass is 10.1. The Balaban J connectivity index is 1.79. The van der Waals surface area contributed by atoms with Gasteiger partial charge >= 0.3 is 6.18 Å². The number of likely N-dealkylation sites (tertiary alicyclic amines) is 1. The van der Waals surface area contributed by atoms with Gasteiger partial charge in [-0.05, 0) is 30.0 Å². The van der Waals surface area contributed by atoms with Gasteiger partial charge in [0.25, 0.3) is 0 Å². The first-order chi connectivity index (χ1) is 10.4. The van der Waals surface area contributed by atoms with E-state index in [0.29, 0.717) is 13.0 Å². The van der Waals surface area contributed by atoms with Gasteiger partial charge in [0.05, 0.1) is 6.61 Å². The van der Waals surface area contributed by atoms with Crippen molar-refractivity contribution in [3.05, 3.63) is 29.3 Å². The SMILES string of the molecule is O=C1C(N2CCc3ccc(CO)cc32)CCN1CC(F)(F)F. The number of carbonyl (C=O) groups excluding carboxylic acids is 1.